The molecule has 0 fully saturated rings. The number of carbonyl (C=O) groups excluding carboxylic acids is 1. The summed E-state index contributed by atoms with van der Waals surface area (Å²) in [5.41, 5.74) is -0.342. The lowest BCUT2D eigenvalue weighted by Crippen LogP contribution is -2.16. The van der Waals surface area contributed by atoms with E-state index in [2.05, 4.69) is 38.4 Å². The van der Waals surface area contributed by atoms with Crippen molar-refractivity contribution in [2.45, 2.75) is 25.5 Å². The number of hydrogen-bond donors (Lipinski definition) is 1. The standard InChI is InChI=1S/C23H19ClF2N4O2/c1-14(2)30-8-7-15-9-16(10-20(21(15)30)17-11-27-13-28-12-17)22(31)29-18-3-5-19(6-4-18)32-23(24,25)26/h3-14H,1-2H3,(H,29,31). The molecule has 0 atom stereocenters. The van der Waals surface area contributed by atoms with Crippen molar-refractivity contribution in [3.05, 3.63) is 72.9 Å². The van der Waals surface area contributed by atoms with Crippen LogP contribution in [0.2, 0.25) is 0 Å². The topological polar surface area (TPSA) is 69.0 Å². The van der Waals surface area contributed by atoms with Crippen LogP contribution in [-0.2, 0) is 0 Å². The highest BCUT2D eigenvalue weighted by Crippen LogP contribution is 2.33. The Labute approximate surface area is 187 Å². The van der Waals surface area contributed by atoms with E-state index < -0.39 is 5.57 Å². The van der Waals surface area contributed by atoms with Gasteiger partial charge >= 0.3 is 5.57 Å². The van der Waals surface area contributed by atoms with Crippen molar-refractivity contribution < 1.29 is 18.3 Å². The Morgan fingerprint density at radius 1 is 1.12 bits per heavy atom. The normalized spacial score (nSPS) is 11.7. The smallest absolute Gasteiger partial charge is 0.420 e. The highest BCUT2D eigenvalue weighted by molar-refractivity contribution is 6.20. The molecule has 1 amide bonds. The van der Waals surface area contributed by atoms with Gasteiger partial charge in [-0.2, -0.15) is 0 Å². The van der Waals surface area contributed by atoms with Gasteiger partial charge < -0.3 is 14.6 Å². The van der Waals surface area contributed by atoms with Crippen molar-refractivity contribution in [3.8, 4) is 16.9 Å². The quantitative estimate of drug-likeness (QED) is 0.356. The number of nitrogens with one attached hydrogen (secondary N) is 1. The van der Waals surface area contributed by atoms with Gasteiger partial charge in [-0.1, -0.05) is 0 Å². The molecule has 32 heavy (non-hydrogen) atoms. The van der Waals surface area contributed by atoms with Gasteiger partial charge in [0.2, 0.25) is 0 Å². The fourth-order valence-corrected chi connectivity index (χ4v) is 3.56. The van der Waals surface area contributed by atoms with Crippen LogP contribution in [0.25, 0.3) is 22.0 Å². The van der Waals surface area contributed by atoms with E-state index in [1.165, 1.54) is 30.6 Å². The van der Waals surface area contributed by atoms with E-state index >= 15 is 0 Å². The maximum Gasteiger partial charge on any atom is 0.487 e. The summed E-state index contributed by atoms with van der Waals surface area (Å²) in [7, 11) is 0. The van der Waals surface area contributed by atoms with Crippen molar-refractivity contribution in [2.75, 3.05) is 5.32 Å². The first-order valence-electron chi connectivity index (χ1n) is 9.78. The average Bonchev–Trinajstić information content (AvgIpc) is 3.18. The Morgan fingerprint density at radius 3 is 2.44 bits per heavy atom. The summed E-state index contributed by atoms with van der Waals surface area (Å²) < 4.78 is 31.9. The van der Waals surface area contributed by atoms with Crippen LogP contribution in [0, 0.1) is 0 Å². The molecule has 9 heteroatoms. The molecular weight excluding hydrogens is 438 g/mol. The molecule has 2 heterocycles. The molecule has 6 nitrogen and oxygen atoms in total. The molecule has 0 radical (unpaired) electrons. The molecule has 0 bridgehead atoms. The number of ether oxygens (including phenoxy) is 1. The lowest BCUT2D eigenvalue weighted by molar-refractivity contribution is -0.0964. The third kappa shape index (κ3) is 4.70. The van der Waals surface area contributed by atoms with Gasteiger partial charge in [-0.25, -0.2) is 9.97 Å². The Hall–Kier alpha value is -3.52. The molecule has 2 aromatic heterocycles. The van der Waals surface area contributed by atoms with Gasteiger partial charge in [-0.3, -0.25) is 4.79 Å². The first-order valence-corrected chi connectivity index (χ1v) is 10.2. The van der Waals surface area contributed by atoms with Crippen molar-refractivity contribution in [1.29, 1.82) is 0 Å². The molecule has 0 aliphatic carbocycles. The van der Waals surface area contributed by atoms with Gasteiger partial charge in [-0.15, -0.1) is 8.78 Å². The third-order valence-corrected chi connectivity index (χ3v) is 4.93. The second-order valence-corrected chi connectivity index (χ2v) is 7.87. The van der Waals surface area contributed by atoms with Crippen LogP contribution < -0.4 is 10.1 Å². The minimum Gasteiger partial charge on any atom is -0.420 e. The maximum atomic E-state index is 13.0. The van der Waals surface area contributed by atoms with Gasteiger partial charge in [0.15, 0.2) is 0 Å². The first-order chi connectivity index (χ1) is 15.2. The van der Waals surface area contributed by atoms with Gasteiger partial charge in [-0.05, 0) is 56.3 Å². The SMILES string of the molecule is CC(C)n1ccc2cc(C(=O)Nc3ccc(OC(F)(F)Cl)cc3)cc(-c3cncnc3)c21. The zero-order valence-corrected chi connectivity index (χ0v) is 18.0. The predicted octanol–water partition coefficient (Wildman–Crippen LogP) is 6.10. The number of aromatic nitrogens is 3. The number of rotatable bonds is 6. The van der Waals surface area contributed by atoms with Crippen LogP contribution in [0.15, 0.2) is 67.4 Å². The fraction of sp³-hybridized carbons (Fsp3) is 0.174. The Morgan fingerprint density at radius 2 is 1.81 bits per heavy atom. The van der Waals surface area contributed by atoms with E-state index in [4.69, 9.17) is 11.6 Å². The molecule has 164 valence electrons. The summed E-state index contributed by atoms with van der Waals surface area (Å²) in [6, 6.07) is 11.3. The minimum atomic E-state index is -3.80. The molecule has 0 aliphatic heterocycles. The van der Waals surface area contributed by atoms with E-state index in [9.17, 15) is 13.6 Å². The molecule has 0 unspecified atom stereocenters. The van der Waals surface area contributed by atoms with E-state index in [1.54, 1.807) is 18.5 Å². The van der Waals surface area contributed by atoms with Crippen LogP contribution in [0.4, 0.5) is 14.5 Å². The Bertz CT molecular complexity index is 1250. The number of nitrogens with zero attached hydrogens (tertiary/aromatic N) is 3. The lowest BCUT2D eigenvalue weighted by Gasteiger charge is -2.15. The van der Waals surface area contributed by atoms with Crippen LogP contribution in [0.3, 0.4) is 0 Å². The minimum absolute atomic E-state index is 0.120. The van der Waals surface area contributed by atoms with Crippen LogP contribution in [0.5, 0.6) is 5.75 Å². The summed E-state index contributed by atoms with van der Waals surface area (Å²) in [5, 5.41) is 3.67. The molecule has 4 rings (SSSR count). The first kappa shape index (κ1) is 21.7. The zero-order chi connectivity index (χ0) is 22.9. The Balaban J connectivity index is 1.68. The highest BCUT2D eigenvalue weighted by atomic mass is 35.5. The summed E-state index contributed by atoms with van der Waals surface area (Å²) in [4.78, 5) is 21.2. The monoisotopic (exact) mass is 456 g/mol. The van der Waals surface area contributed by atoms with Gasteiger partial charge in [0.25, 0.3) is 5.91 Å². The van der Waals surface area contributed by atoms with Crippen molar-refractivity contribution >= 4 is 34.1 Å². The van der Waals surface area contributed by atoms with Gasteiger partial charge in [0, 0.05) is 64.0 Å². The maximum absolute atomic E-state index is 13.0. The molecule has 2 aromatic carbocycles. The predicted molar refractivity (Wildman–Crippen MR) is 119 cm³/mol. The molecular formula is C23H19ClF2N4O2. The zero-order valence-electron chi connectivity index (χ0n) is 17.2. The van der Waals surface area contributed by atoms with E-state index in [0.29, 0.717) is 11.3 Å². The number of alkyl halides is 3. The number of carbonyl (C=O) groups is 1. The fourth-order valence-electron chi connectivity index (χ4n) is 3.47. The Kier molecular flexibility index (Phi) is 5.80. The lowest BCUT2D eigenvalue weighted by atomic mass is 10.0. The van der Waals surface area contributed by atoms with Crippen LogP contribution in [-0.4, -0.2) is 26.0 Å². The van der Waals surface area contributed by atoms with E-state index in [1.807, 2.05) is 18.3 Å². The van der Waals surface area contributed by atoms with Crippen molar-refractivity contribution in [3.63, 3.8) is 0 Å². The number of anilines is 1. The molecule has 0 spiro atoms. The number of hydrogen-bond acceptors (Lipinski definition) is 4. The second-order valence-electron chi connectivity index (χ2n) is 7.43. The summed E-state index contributed by atoms with van der Waals surface area (Å²) in [6.45, 7) is 4.16. The third-order valence-electron chi connectivity index (χ3n) is 4.85. The summed E-state index contributed by atoms with van der Waals surface area (Å²) >= 11 is 4.77. The number of benzene rings is 2. The van der Waals surface area contributed by atoms with Crippen LogP contribution >= 0.6 is 11.6 Å². The molecule has 0 aliphatic rings. The summed E-state index contributed by atoms with van der Waals surface area (Å²) in [5.74, 6) is -0.468. The number of fused-ring (bicyclic) bond motifs is 1. The van der Waals surface area contributed by atoms with Crippen molar-refractivity contribution in [1.82, 2.24) is 14.5 Å². The van der Waals surface area contributed by atoms with Gasteiger partial charge in [0.1, 0.15) is 12.1 Å². The van der Waals surface area contributed by atoms with E-state index in [0.717, 1.165) is 22.0 Å². The highest BCUT2D eigenvalue weighted by Gasteiger charge is 2.27. The molecule has 0 saturated carbocycles. The summed E-state index contributed by atoms with van der Waals surface area (Å²) in [6.07, 6.45) is 6.83. The largest absolute Gasteiger partial charge is 0.487 e. The van der Waals surface area contributed by atoms with Crippen molar-refractivity contribution in [2.24, 2.45) is 0 Å². The average molecular weight is 457 g/mol. The number of halogens is 3. The molecule has 4 aromatic rings. The van der Waals surface area contributed by atoms with Crippen LogP contribution in [0.1, 0.15) is 30.2 Å². The van der Waals surface area contributed by atoms with E-state index in [-0.39, 0.29) is 17.7 Å². The molecule has 0 saturated heterocycles. The molecule has 1 N–H and O–H groups in total. The number of amides is 1. The van der Waals surface area contributed by atoms with Gasteiger partial charge in [0.05, 0.1) is 5.52 Å². The second kappa shape index (κ2) is 8.55.